The Balaban J connectivity index is 1.64. The normalized spacial score (nSPS) is 12.3. The number of nitrogens with zero attached hydrogens (tertiary/aromatic N) is 2. The standard InChI is InChI=1S/C25H29N3OS/c1-17-11-12-24(18(2)13-17)28-19(3)14-23(20(28)4)15-26-27-25(29)21(5)30-16-22-9-7-6-8-10-22/h6-15,21H,16H2,1-5H3,(H,27,29)/b26-15+. The van der Waals surface area contributed by atoms with Gasteiger partial charge < -0.3 is 4.57 Å². The first-order valence-corrected chi connectivity index (χ1v) is 11.2. The van der Waals surface area contributed by atoms with E-state index in [1.165, 1.54) is 22.4 Å². The second-order valence-electron chi connectivity index (χ2n) is 7.62. The van der Waals surface area contributed by atoms with Gasteiger partial charge in [0.05, 0.1) is 11.5 Å². The Kier molecular flexibility index (Phi) is 7.16. The number of thioether (sulfide) groups is 1. The van der Waals surface area contributed by atoms with Crippen LogP contribution in [0.5, 0.6) is 0 Å². The van der Waals surface area contributed by atoms with Crippen LogP contribution in [0.25, 0.3) is 5.69 Å². The molecule has 156 valence electrons. The number of aromatic nitrogens is 1. The minimum absolute atomic E-state index is 0.0876. The number of carbonyl (C=O) groups excluding carboxylic acids is 1. The van der Waals surface area contributed by atoms with Gasteiger partial charge in [-0.25, -0.2) is 5.43 Å². The van der Waals surface area contributed by atoms with Crippen LogP contribution in [0.1, 0.15) is 40.6 Å². The van der Waals surface area contributed by atoms with Crippen molar-refractivity contribution in [2.75, 3.05) is 0 Å². The molecule has 0 aliphatic heterocycles. The SMILES string of the molecule is Cc1ccc(-n2c(C)cc(/C=N/NC(=O)C(C)SCc3ccccc3)c2C)c(C)c1. The predicted molar refractivity (Wildman–Crippen MR) is 128 cm³/mol. The number of benzene rings is 2. The molecule has 0 bridgehead atoms. The Morgan fingerprint density at radius 2 is 1.83 bits per heavy atom. The van der Waals surface area contributed by atoms with Crippen LogP contribution in [0.3, 0.4) is 0 Å². The zero-order valence-electron chi connectivity index (χ0n) is 18.3. The summed E-state index contributed by atoms with van der Waals surface area (Å²) in [6, 6.07) is 18.7. The monoisotopic (exact) mass is 419 g/mol. The van der Waals surface area contributed by atoms with Crippen molar-refractivity contribution in [3.05, 3.63) is 88.2 Å². The lowest BCUT2D eigenvalue weighted by molar-refractivity contribution is -0.120. The molecule has 5 heteroatoms. The van der Waals surface area contributed by atoms with Crippen molar-refractivity contribution in [3.63, 3.8) is 0 Å². The van der Waals surface area contributed by atoms with Crippen molar-refractivity contribution in [2.45, 2.75) is 45.6 Å². The second kappa shape index (κ2) is 9.81. The third-order valence-corrected chi connectivity index (χ3v) is 6.37. The van der Waals surface area contributed by atoms with Gasteiger partial charge in [0, 0.05) is 28.4 Å². The van der Waals surface area contributed by atoms with Gasteiger partial charge in [0.1, 0.15) is 0 Å². The maximum Gasteiger partial charge on any atom is 0.252 e. The number of hydrogen-bond donors (Lipinski definition) is 1. The van der Waals surface area contributed by atoms with Gasteiger partial charge in [-0.1, -0.05) is 48.0 Å². The Hall–Kier alpha value is -2.79. The number of aryl methyl sites for hydroxylation is 3. The van der Waals surface area contributed by atoms with E-state index >= 15 is 0 Å². The molecule has 3 aromatic rings. The largest absolute Gasteiger partial charge is 0.318 e. The molecular weight excluding hydrogens is 390 g/mol. The van der Waals surface area contributed by atoms with Crippen molar-refractivity contribution in [1.29, 1.82) is 0 Å². The molecular formula is C25H29N3OS. The minimum Gasteiger partial charge on any atom is -0.318 e. The van der Waals surface area contributed by atoms with Gasteiger partial charge >= 0.3 is 0 Å². The van der Waals surface area contributed by atoms with Crippen LogP contribution in [-0.4, -0.2) is 21.9 Å². The molecule has 3 rings (SSSR count). The Labute approximate surface area is 183 Å². The molecule has 2 aromatic carbocycles. The molecule has 1 unspecified atom stereocenters. The summed E-state index contributed by atoms with van der Waals surface area (Å²) >= 11 is 1.60. The molecule has 1 atom stereocenters. The van der Waals surface area contributed by atoms with E-state index in [0.29, 0.717) is 0 Å². The van der Waals surface area contributed by atoms with Gasteiger partial charge in [-0.2, -0.15) is 5.10 Å². The first-order valence-electron chi connectivity index (χ1n) is 10.1. The van der Waals surface area contributed by atoms with E-state index in [4.69, 9.17) is 0 Å². The maximum absolute atomic E-state index is 12.4. The zero-order chi connectivity index (χ0) is 21.7. The van der Waals surface area contributed by atoms with Crippen molar-refractivity contribution in [3.8, 4) is 5.69 Å². The number of carbonyl (C=O) groups is 1. The van der Waals surface area contributed by atoms with Crippen molar-refractivity contribution in [1.82, 2.24) is 9.99 Å². The second-order valence-corrected chi connectivity index (χ2v) is 8.95. The molecule has 0 radical (unpaired) electrons. The first kappa shape index (κ1) is 21.9. The molecule has 0 aliphatic carbocycles. The topological polar surface area (TPSA) is 46.4 Å². The van der Waals surface area contributed by atoms with E-state index in [0.717, 1.165) is 22.7 Å². The zero-order valence-corrected chi connectivity index (χ0v) is 19.1. The third kappa shape index (κ3) is 5.22. The van der Waals surface area contributed by atoms with Crippen LogP contribution in [0.15, 0.2) is 59.7 Å². The number of rotatable bonds is 7. The molecule has 30 heavy (non-hydrogen) atoms. The summed E-state index contributed by atoms with van der Waals surface area (Å²) in [5, 5.41) is 4.04. The molecule has 4 nitrogen and oxygen atoms in total. The van der Waals surface area contributed by atoms with Crippen LogP contribution in [-0.2, 0) is 10.5 Å². The van der Waals surface area contributed by atoms with Crippen LogP contribution in [0.2, 0.25) is 0 Å². The summed E-state index contributed by atoms with van der Waals surface area (Å²) < 4.78 is 2.23. The van der Waals surface area contributed by atoms with Crippen molar-refractivity contribution >= 4 is 23.9 Å². The molecule has 1 heterocycles. The van der Waals surface area contributed by atoms with Crippen LogP contribution in [0.4, 0.5) is 0 Å². The third-order valence-electron chi connectivity index (χ3n) is 5.15. The number of amides is 1. The lowest BCUT2D eigenvalue weighted by Gasteiger charge is -2.13. The fourth-order valence-electron chi connectivity index (χ4n) is 3.47. The molecule has 0 saturated heterocycles. The summed E-state index contributed by atoms with van der Waals surface area (Å²) in [6.07, 6.45) is 1.73. The summed E-state index contributed by atoms with van der Waals surface area (Å²) in [6.45, 7) is 10.3. The number of hydrazone groups is 1. The molecule has 0 fully saturated rings. The van der Waals surface area contributed by atoms with Gasteiger partial charge in [0.25, 0.3) is 5.91 Å². The van der Waals surface area contributed by atoms with Gasteiger partial charge in [-0.3, -0.25) is 4.79 Å². The lowest BCUT2D eigenvalue weighted by atomic mass is 10.1. The highest BCUT2D eigenvalue weighted by Gasteiger charge is 2.14. The van der Waals surface area contributed by atoms with Crippen LogP contribution < -0.4 is 5.43 Å². The van der Waals surface area contributed by atoms with E-state index in [2.05, 4.69) is 79.2 Å². The predicted octanol–water partition coefficient (Wildman–Crippen LogP) is 5.48. The summed E-state index contributed by atoms with van der Waals surface area (Å²) in [5.74, 6) is 0.714. The van der Waals surface area contributed by atoms with Gasteiger partial charge in [-0.15, -0.1) is 11.8 Å². The fraction of sp³-hybridized carbons (Fsp3) is 0.280. The average molecular weight is 420 g/mol. The number of nitrogens with one attached hydrogen (secondary N) is 1. The highest BCUT2D eigenvalue weighted by molar-refractivity contribution is 7.99. The van der Waals surface area contributed by atoms with E-state index < -0.39 is 0 Å². The minimum atomic E-state index is -0.176. The van der Waals surface area contributed by atoms with E-state index in [9.17, 15) is 4.79 Å². The summed E-state index contributed by atoms with van der Waals surface area (Å²) in [4.78, 5) is 12.4. The van der Waals surface area contributed by atoms with Gasteiger partial charge in [-0.05, 0) is 57.9 Å². The average Bonchev–Trinajstić information content (AvgIpc) is 3.00. The quantitative estimate of drug-likeness (QED) is 0.407. The van der Waals surface area contributed by atoms with E-state index in [1.807, 2.05) is 25.1 Å². The highest BCUT2D eigenvalue weighted by Crippen LogP contribution is 2.23. The van der Waals surface area contributed by atoms with Crippen molar-refractivity contribution in [2.24, 2.45) is 5.10 Å². The van der Waals surface area contributed by atoms with Crippen molar-refractivity contribution < 1.29 is 4.79 Å². The Morgan fingerprint density at radius 3 is 2.53 bits per heavy atom. The first-order chi connectivity index (χ1) is 14.4. The number of hydrogen-bond acceptors (Lipinski definition) is 3. The smallest absolute Gasteiger partial charge is 0.252 e. The molecule has 1 aromatic heterocycles. The van der Waals surface area contributed by atoms with Gasteiger partial charge in [0.2, 0.25) is 0 Å². The Morgan fingerprint density at radius 1 is 1.10 bits per heavy atom. The maximum atomic E-state index is 12.4. The van der Waals surface area contributed by atoms with Crippen LogP contribution >= 0.6 is 11.8 Å². The van der Waals surface area contributed by atoms with Gasteiger partial charge in [0.15, 0.2) is 0 Å². The highest BCUT2D eigenvalue weighted by atomic mass is 32.2. The molecule has 0 aliphatic rings. The van der Waals surface area contributed by atoms with E-state index in [-0.39, 0.29) is 11.2 Å². The molecule has 1 amide bonds. The molecule has 1 N–H and O–H groups in total. The van der Waals surface area contributed by atoms with E-state index in [1.54, 1.807) is 18.0 Å². The fourth-order valence-corrected chi connectivity index (χ4v) is 4.31. The Bertz CT molecular complexity index is 1050. The van der Waals surface area contributed by atoms with Crippen LogP contribution in [0, 0.1) is 27.7 Å². The summed E-state index contributed by atoms with van der Waals surface area (Å²) in [5.41, 5.74) is 10.8. The lowest BCUT2D eigenvalue weighted by Crippen LogP contribution is -2.27. The summed E-state index contributed by atoms with van der Waals surface area (Å²) in [7, 11) is 0. The molecule has 0 saturated carbocycles. The molecule has 0 spiro atoms.